The van der Waals surface area contributed by atoms with E-state index < -0.39 is 10.0 Å². The SMILES string of the molecule is Cc1ccc(C=CCS(=O)(=O)n2cccc2)cc1. The van der Waals surface area contributed by atoms with Crippen LogP contribution in [-0.4, -0.2) is 18.1 Å². The van der Waals surface area contributed by atoms with E-state index in [0.717, 1.165) is 5.56 Å². The second-order valence-electron chi connectivity index (χ2n) is 4.10. The monoisotopic (exact) mass is 261 g/mol. The van der Waals surface area contributed by atoms with Crippen molar-refractivity contribution >= 4 is 16.1 Å². The van der Waals surface area contributed by atoms with Crippen molar-refractivity contribution in [2.75, 3.05) is 5.75 Å². The molecule has 0 saturated carbocycles. The van der Waals surface area contributed by atoms with Gasteiger partial charge in [-0.2, -0.15) is 0 Å². The second-order valence-corrected chi connectivity index (χ2v) is 6.02. The molecule has 0 spiro atoms. The van der Waals surface area contributed by atoms with Gasteiger partial charge in [0.05, 0.1) is 5.75 Å². The Morgan fingerprint density at radius 1 is 1.11 bits per heavy atom. The number of hydrogen-bond acceptors (Lipinski definition) is 2. The molecule has 0 amide bonds. The van der Waals surface area contributed by atoms with E-state index in [9.17, 15) is 8.42 Å². The average Bonchev–Trinajstić information content (AvgIpc) is 2.86. The fourth-order valence-corrected chi connectivity index (χ4v) is 2.60. The molecule has 0 N–H and O–H groups in total. The van der Waals surface area contributed by atoms with Crippen LogP contribution in [0.3, 0.4) is 0 Å². The second kappa shape index (κ2) is 5.23. The minimum Gasteiger partial charge on any atom is -0.253 e. The molecule has 3 nitrogen and oxygen atoms in total. The van der Waals surface area contributed by atoms with Crippen LogP contribution in [0.4, 0.5) is 0 Å². The molecule has 1 aromatic heterocycles. The first-order valence-electron chi connectivity index (χ1n) is 5.67. The normalized spacial score (nSPS) is 12.1. The van der Waals surface area contributed by atoms with Gasteiger partial charge in [-0.25, -0.2) is 8.42 Å². The van der Waals surface area contributed by atoms with Gasteiger partial charge in [0.25, 0.3) is 0 Å². The van der Waals surface area contributed by atoms with Crippen LogP contribution in [0, 0.1) is 6.92 Å². The number of aromatic nitrogens is 1. The van der Waals surface area contributed by atoms with Crippen molar-refractivity contribution in [1.82, 2.24) is 3.97 Å². The van der Waals surface area contributed by atoms with E-state index in [2.05, 4.69) is 0 Å². The lowest BCUT2D eigenvalue weighted by Crippen LogP contribution is -2.13. The molecule has 94 valence electrons. The molecular weight excluding hydrogens is 246 g/mol. The zero-order valence-electron chi connectivity index (χ0n) is 10.2. The van der Waals surface area contributed by atoms with Crippen molar-refractivity contribution in [3.8, 4) is 0 Å². The van der Waals surface area contributed by atoms with E-state index in [1.807, 2.05) is 37.3 Å². The molecular formula is C14H15NO2S. The zero-order chi connectivity index (χ0) is 13.0. The molecule has 0 aliphatic rings. The fraction of sp³-hybridized carbons (Fsp3) is 0.143. The molecule has 0 aliphatic carbocycles. The molecule has 1 heterocycles. The highest BCUT2D eigenvalue weighted by molar-refractivity contribution is 7.90. The molecule has 2 aromatic rings. The highest BCUT2D eigenvalue weighted by Crippen LogP contribution is 2.06. The molecule has 0 fully saturated rings. The first-order chi connectivity index (χ1) is 8.58. The van der Waals surface area contributed by atoms with Crippen LogP contribution >= 0.6 is 0 Å². The Kier molecular flexibility index (Phi) is 3.67. The van der Waals surface area contributed by atoms with Gasteiger partial charge >= 0.3 is 0 Å². The van der Waals surface area contributed by atoms with E-state index in [0.29, 0.717) is 0 Å². The van der Waals surface area contributed by atoms with Gasteiger partial charge in [-0.1, -0.05) is 42.0 Å². The minimum absolute atomic E-state index is 0.00441. The summed E-state index contributed by atoms with van der Waals surface area (Å²) in [5.74, 6) is -0.00441. The first-order valence-corrected chi connectivity index (χ1v) is 7.28. The van der Waals surface area contributed by atoms with Crippen molar-refractivity contribution in [1.29, 1.82) is 0 Å². The topological polar surface area (TPSA) is 39.1 Å². The Morgan fingerprint density at radius 3 is 2.33 bits per heavy atom. The lowest BCUT2D eigenvalue weighted by Gasteiger charge is -2.01. The number of rotatable bonds is 4. The fourth-order valence-electron chi connectivity index (χ4n) is 1.57. The first kappa shape index (κ1) is 12.6. The molecule has 0 radical (unpaired) electrons. The summed E-state index contributed by atoms with van der Waals surface area (Å²) < 4.78 is 24.9. The van der Waals surface area contributed by atoms with Gasteiger partial charge in [0.2, 0.25) is 10.0 Å². The molecule has 1 aromatic carbocycles. The van der Waals surface area contributed by atoms with Gasteiger partial charge < -0.3 is 0 Å². The molecule has 0 unspecified atom stereocenters. The average molecular weight is 261 g/mol. The zero-order valence-corrected chi connectivity index (χ0v) is 11.0. The van der Waals surface area contributed by atoms with E-state index >= 15 is 0 Å². The molecule has 0 bridgehead atoms. The highest BCUT2D eigenvalue weighted by Gasteiger charge is 2.08. The quantitative estimate of drug-likeness (QED) is 0.848. The van der Waals surface area contributed by atoms with Crippen LogP contribution < -0.4 is 0 Å². The van der Waals surface area contributed by atoms with Gasteiger partial charge in [-0.05, 0) is 24.6 Å². The van der Waals surface area contributed by atoms with Crippen molar-refractivity contribution in [2.45, 2.75) is 6.92 Å². The summed E-state index contributed by atoms with van der Waals surface area (Å²) in [7, 11) is -3.27. The third-order valence-corrected chi connectivity index (χ3v) is 4.09. The molecule has 18 heavy (non-hydrogen) atoms. The van der Waals surface area contributed by atoms with Crippen LogP contribution in [0.25, 0.3) is 6.08 Å². The third-order valence-electron chi connectivity index (χ3n) is 2.59. The predicted molar refractivity (Wildman–Crippen MR) is 73.8 cm³/mol. The van der Waals surface area contributed by atoms with E-state index in [1.54, 1.807) is 18.2 Å². The van der Waals surface area contributed by atoms with Gasteiger partial charge in [0.15, 0.2) is 0 Å². The standard InChI is InChI=1S/C14H15NO2S/c1-13-6-8-14(9-7-13)5-4-12-18(16,17)15-10-2-3-11-15/h2-11H,12H2,1H3. The Morgan fingerprint density at radius 2 is 1.72 bits per heavy atom. The van der Waals surface area contributed by atoms with Crippen LogP contribution in [0.2, 0.25) is 0 Å². The summed E-state index contributed by atoms with van der Waals surface area (Å²) in [4.78, 5) is 0. The van der Waals surface area contributed by atoms with Crippen molar-refractivity contribution in [3.63, 3.8) is 0 Å². The highest BCUT2D eigenvalue weighted by atomic mass is 32.2. The molecule has 0 aliphatic heterocycles. The van der Waals surface area contributed by atoms with Gasteiger partial charge in [-0.15, -0.1) is 0 Å². The molecule has 0 saturated heterocycles. The summed E-state index contributed by atoms with van der Waals surface area (Å²) in [6.45, 7) is 2.02. The largest absolute Gasteiger partial charge is 0.253 e. The summed E-state index contributed by atoms with van der Waals surface area (Å²) in [6, 6.07) is 11.3. The van der Waals surface area contributed by atoms with E-state index in [4.69, 9.17) is 0 Å². The van der Waals surface area contributed by atoms with E-state index in [1.165, 1.54) is 21.9 Å². The van der Waals surface area contributed by atoms with Gasteiger partial charge in [0, 0.05) is 12.4 Å². The molecule has 0 atom stereocenters. The van der Waals surface area contributed by atoms with Crippen molar-refractivity contribution < 1.29 is 8.42 Å². The number of nitrogens with zero attached hydrogens (tertiary/aromatic N) is 1. The lowest BCUT2D eigenvalue weighted by molar-refractivity contribution is 0.590. The summed E-state index contributed by atoms with van der Waals surface area (Å²) in [5, 5.41) is 0. The predicted octanol–water partition coefficient (Wildman–Crippen LogP) is 2.69. The van der Waals surface area contributed by atoms with Gasteiger partial charge in [0.1, 0.15) is 0 Å². The number of aryl methyl sites for hydroxylation is 1. The molecule has 4 heteroatoms. The Balaban J connectivity index is 2.06. The Hall–Kier alpha value is -1.81. The summed E-state index contributed by atoms with van der Waals surface area (Å²) in [5.41, 5.74) is 2.19. The van der Waals surface area contributed by atoms with E-state index in [-0.39, 0.29) is 5.75 Å². The Bertz CT molecular complexity index is 623. The number of hydrogen-bond donors (Lipinski definition) is 0. The minimum atomic E-state index is -3.27. The van der Waals surface area contributed by atoms with Crippen LogP contribution in [-0.2, 0) is 10.0 Å². The summed E-state index contributed by atoms with van der Waals surface area (Å²) in [6.07, 6.45) is 6.56. The summed E-state index contributed by atoms with van der Waals surface area (Å²) >= 11 is 0. The number of benzene rings is 1. The van der Waals surface area contributed by atoms with Crippen LogP contribution in [0.5, 0.6) is 0 Å². The smallest absolute Gasteiger partial charge is 0.242 e. The third kappa shape index (κ3) is 3.11. The maximum atomic E-state index is 11.8. The Labute approximate surface area is 107 Å². The molecule has 2 rings (SSSR count). The van der Waals surface area contributed by atoms with Crippen LogP contribution in [0.15, 0.2) is 54.9 Å². The maximum absolute atomic E-state index is 11.8. The van der Waals surface area contributed by atoms with Crippen molar-refractivity contribution in [2.24, 2.45) is 0 Å². The van der Waals surface area contributed by atoms with Crippen molar-refractivity contribution in [3.05, 3.63) is 66.0 Å². The van der Waals surface area contributed by atoms with Crippen LogP contribution in [0.1, 0.15) is 11.1 Å². The lowest BCUT2D eigenvalue weighted by atomic mass is 10.1. The van der Waals surface area contributed by atoms with Gasteiger partial charge in [-0.3, -0.25) is 3.97 Å². The maximum Gasteiger partial charge on any atom is 0.242 e.